The van der Waals surface area contributed by atoms with Crippen LogP contribution in [0.25, 0.3) is 0 Å². The van der Waals surface area contributed by atoms with E-state index in [-0.39, 0.29) is 12.6 Å². The van der Waals surface area contributed by atoms with E-state index in [1.807, 2.05) is 18.2 Å². The summed E-state index contributed by atoms with van der Waals surface area (Å²) in [4.78, 5) is 0. The average molecular weight is 357 g/mol. The molecule has 2 atom stereocenters. The van der Waals surface area contributed by atoms with E-state index in [1.54, 1.807) is 0 Å². The molecule has 0 N–H and O–H groups in total. The normalized spacial score (nSPS) is 26.3. The average Bonchev–Trinajstić information content (AvgIpc) is 2.53. The van der Waals surface area contributed by atoms with Crippen molar-refractivity contribution in [3.8, 4) is 11.5 Å². The Morgan fingerprint density at radius 2 is 1.57 bits per heavy atom. The van der Waals surface area contributed by atoms with Gasteiger partial charge in [0.05, 0.1) is 17.7 Å². The van der Waals surface area contributed by atoms with E-state index >= 15 is 0 Å². The maximum Gasteiger partial charge on any atom is 0.199 e. The number of benzene rings is 1. The van der Waals surface area contributed by atoms with Crippen LogP contribution in [-0.2, 0) is 9.47 Å². The van der Waals surface area contributed by atoms with Crippen molar-refractivity contribution >= 4 is 15.9 Å². The fourth-order valence-corrected chi connectivity index (χ4v) is 2.89. The number of hydrogen-bond donors (Lipinski definition) is 0. The quantitative estimate of drug-likeness (QED) is 0.807. The third kappa shape index (κ3) is 4.34. The van der Waals surface area contributed by atoms with Crippen molar-refractivity contribution in [2.75, 3.05) is 13.2 Å². The summed E-state index contributed by atoms with van der Waals surface area (Å²) in [5.41, 5.74) is 0. The summed E-state index contributed by atoms with van der Waals surface area (Å²) in [5.74, 6) is 1.53. The standard InChI is InChI=1S/C16H21BrO4/c17-13-8-7-12(20-15-5-1-3-9-18-15)11-14(13)21-16-6-2-4-10-19-16/h7-8,11,15-16H,1-6,9-10H2/t15-,16+/m1/s1. The van der Waals surface area contributed by atoms with Crippen LogP contribution in [0.15, 0.2) is 22.7 Å². The SMILES string of the molecule is Brc1ccc(O[C@@H]2CCCCO2)cc1O[C@H]1CCCCO1. The van der Waals surface area contributed by atoms with Crippen molar-refractivity contribution < 1.29 is 18.9 Å². The molecule has 2 saturated heterocycles. The van der Waals surface area contributed by atoms with Crippen LogP contribution in [0.3, 0.4) is 0 Å². The van der Waals surface area contributed by atoms with Gasteiger partial charge in [0.1, 0.15) is 11.5 Å². The molecule has 21 heavy (non-hydrogen) atoms. The van der Waals surface area contributed by atoms with Gasteiger partial charge in [-0.25, -0.2) is 0 Å². The summed E-state index contributed by atoms with van der Waals surface area (Å²) in [7, 11) is 0. The second-order valence-electron chi connectivity index (χ2n) is 5.42. The Bertz CT molecular complexity index is 454. The Balaban J connectivity index is 1.63. The van der Waals surface area contributed by atoms with Crippen LogP contribution in [-0.4, -0.2) is 25.8 Å². The molecular weight excluding hydrogens is 336 g/mol. The molecule has 2 fully saturated rings. The molecule has 0 aromatic heterocycles. The molecule has 0 unspecified atom stereocenters. The van der Waals surface area contributed by atoms with Crippen molar-refractivity contribution in [2.45, 2.75) is 51.1 Å². The van der Waals surface area contributed by atoms with Crippen molar-refractivity contribution in [2.24, 2.45) is 0 Å². The number of hydrogen-bond acceptors (Lipinski definition) is 4. The maximum atomic E-state index is 5.93. The van der Waals surface area contributed by atoms with Gasteiger partial charge in [-0.05, 0) is 53.7 Å². The molecule has 0 saturated carbocycles. The largest absolute Gasteiger partial charge is 0.465 e. The third-order valence-electron chi connectivity index (χ3n) is 3.70. The first kappa shape index (κ1) is 15.1. The Kier molecular flexibility index (Phi) is 5.38. The summed E-state index contributed by atoms with van der Waals surface area (Å²) in [6.07, 6.45) is 6.11. The first-order valence-corrected chi connectivity index (χ1v) is 8.46. The van der Waals surface area contributed by atoms with Crippen molar-refractivity contribution in [1.82, 2.24) is 0 Å². The maximum absolute atomic E-state index is 5.93. The Morgan fingerprint density at radius 3 is 2.19 bits per heavy atom. The topological polar surface area (TPSA) is 36.9 Å². The summed E-state index contributed by atoms with van der Waals surface area (Å²) in [5, 5.41) is 0. The molecule has 3 rings (SSSR count). The van der Waals surface area contributed by atoms with E-state index in [0.717, 1.165) is 67.7 Å². The molecule has 0 bridgehead atoms. The van der Waals surface area contributed by atoms with E-state index in [1.165, 1.54) is 0 Å². The highest BCUT2D eigenvalue weighted by Crippen LogP contribution is 2.32. The predicted molar refractivity (Wildman–Crippen MR) is 82.6 cm³/mol. The summed E-state index contributed by atoms with van der Waals surface area (Å²) < 4.78 is 23.9. The monoisotopic (exact) mass is 356 g/mol. The zero-order valence-corrected chi connectivity index (χ0v) is 13.6. The molecule has 5 heteroatoms. The van der Waals surface area contributed by atoms with Gasteiger partial charge in [-0.15, -0.1) is 0 Å². The van der Waals surface area contributed by atoms with Crippen LogP contribution in [0, 0.1) is 0 Å². The van der Waals surface area contributed by atoms with E-state index in [2.05, 4.69) is 15.9 Å². The molecule has 2 aliphatic heterocycles. The minimum atomic E-state index is -0.156. The zero-order chi connectivity index (χ0) is 14.5. The molecule has 1 aromatic rings. The lowest BCUT2D eigenvalue weighted by molar-refractivity contribution is -0.109. The number of rotatable bonds is 4. The van der Waals surface area contributed by atoms with Gasteiger partial charge in [0.2, 0.25) is 0 Å². The molecule has 0 aliphatic carbocycles. The second kappa shape index (κ2) is 7.47. The fraction of sp³-hybridized carbons (Fsp3) is 0.625. The highest BCUT2D eigenvalue weighted by atomic mass is 79.9. The van der Waals surface area contributed by atoms with Gasteiger partial charge in [-0.3, -0.25) is 0 Å². The lowest BCUT2D eigenvalue weighted by atomic mass is 10.2. The third-order valence-corrected chi connectivity index (χ3v) is 4.36. The van der Waals surface area contributed by atoms with E-state index in [0.29, 0.717) is 0 Å². The zero-order valence-electron chi connectivity index (χ0n) is 12.1. The van der Waals surface area contributed by atoms with Crippen LogP contribution < -0.4 is 9.47 Å². The van der Waals surface area contributed by atoms with Crippen molar-refractivity contribution in [3.05, 3.63) is 22.7 Å². The van der Waals surface area contributed by atoms with Gasteiger partial charge in [-0.2, -0.15) is 0 Å². The second-order valence-corrected chi connectivity index (χ2v) is 6.27. The number of ether oxygens (including phenoxy) is 4. The molecule has 1 aromatic carbocycles. The smallest absolute Gasteiger partial charge is 0.199 e. The molecule has 2 aliphatic rings. The fourth-order valence-electron chi connectivity index (χ4n) is 2.55. The highest BCUT2D eigenvalue weighted by Gasteiger charge is 2.19. The van der Waals surface area contributed by atoms with Crippen molar-refractivity contribution in [3.63, 3.8) is 0 Å². The van der Waals surface area contributed by atoms with Gasteiger partial charge in [0, 0.05) is 18.9 Å². The van der Waals surface area contributed by atoms with Gasteiger partial charge in [-0.1, -0.05) is 0 Å². The molecule has 0 radical (unpaired) electrons. The van der Waals surface area contributed by atoms with E-state index in [4.69, 9.17) is 18.9 Å². The number of halogens is 1. The van der Waals surface area contributed by atoms with Crippen LogP contribution in [0.2, 0.25) is 0 Å². The summed E-state index contributed by atoms with van der Waals surface area (Å²) in [6, 6.07) is 5.77. The Hall–Kier alpha value is -0.780. The van der Waals surface area contributed by atoms with Crippen molar-refractivity contribution in [1.29, 1.82) is 0 Å². The minimum absolute atomic E-state index is 0.140. The van der Waals surface area contributed by atoms with Gasteiger partial charge in [0.25, 0.3) is 0 Å². The Labute approximate surface area is 133 Å². The molecule has 2 heterocycles. The first-order valence-electron chi connectivity index (χ1n) is 7.67. The predicted octanol–water partition coefficient (Wildman–Crippen LogP) is 4.26. The lowest BCUT2D eigenvalue weighted by Gasteiger charge is -2.25. The molecular formula is C16H21BrO4. The molecule has 116 valence electrons. The van der Waals surface area contributed by atoms with Crippen LogP contribution >= 0.6 is 15.9 Å². The first-order chi connectivity index (χ1) is 10.3. The van der Waals surface area contributed by atoms with Crippen LogP contribution in [0.1, 0.15) is 38.5 Å². The lowest BCUT2D eigenvalue weighted by Crippen LogP contribution is -2.26. The molecule has 0 amide bonds. The van der Waals surface area contributed by atoms with Crippen LogP contribution in [0.4, 0.5) is 0 Å². The van der Waals surface area contributed by atoms with Gasteiger partial charge in [0.15, 0.2) is 12.6 Å². The highest BCUT2D eigenvalue weighted by molar-refractivity contribution is 9.10. The Morgan fingerprint density at radius 1 is 0.905 bits per heavy atom. The van der Waals surface area contributed by atoms with Crippen LogP contribution in [0.5, 0.6) is 11.5 Å². The van der Waals surface area contributed by atoms with Gasteiger partial charge < -0.3 is 18.9 Å². The minimum Gasteiger partial charge on any atom is -0.465 e. The summed E-state index contributed by atoms with van der Waals surface area (Å²) in [6.45, 7) is 1.55. The molecule has 4 nitrogen and oxygen atoms in total. The van der Waals surface area contributed by atoms with Gasteiger partial charge >= 0.3 is 0 Å². The van der Waals surface area contributed by atoms with E-state index in [9.17, 15) is 0 Å². The van der Waals surface area contributed by atoms with E-state index < -0.39 is 0 Å². The summed E-state index contributed by atoms with van der Waals surface area (Å²) >= 11 is 3.52. The molecule has 0 spiro atoms.